The zero-order valence-electron chi connectivity index (χ0n) is 11.1. The van der Waals surface area contributed by atoms with Gasteiger partial charge in [0.2, 0.25) is 0 Å². The Kier molecular flexibility index (Phi) is 5.95. The molecule has 0 heterocycles. The summed E-state index contributed by atoms with van der Waals surface area (Å²) in [6, 6.07) is 7.88. The Morgan fingerprint density at radius 1 is 1.26 bits per heavy atom. The molecule has 1 aliphatic rings. The van der Waals surface area contributed by atoms with Crippen molar-refractivity contribution in [3.8, 4) is 5.75 Å². The molecule has 0 aliphatic heterocycles. The molecule has 0 saturated heterocycles. The van der Waals surface area contributed by atoms with Crippen molar-refractivity contribution >= 4 is 11.6 Å². The molecular weight excluding hydrogens is 262 g/mol. The van der Waals surface area contributed by atoms with Crippen molar-refractivity contribution < 1.29 is 9.84 Å². The minimum Gasteiger partial charge on any atom is -0.489 e. The van der Waals surface area contributed by atoms with E-state index in [1.54, 1.807) is 6.07 Å². The molecule has 0 radical (unpaired) electrons. The molecule has 106 valence electrons. The van der Waals surface area contributed by atoms with Gasteiger partial charge < -0.3 is 15.2 Å². The number of nitrogens with one attached hydrogen (secondary N) is 1. The molecule has 2 N–H and O–H groups in total. The molecule has 1 saturated carbocycles. The average molecular weight is 284 g/mol. The van der Waals surface area contributed by atoms with E-state index in [9.17, 15) is 5.11 Å². The summed E-state index contributed by atoms with van der Waals surface area (Å²) >= 11 is 5.98. The van der Waals surface area contributed by atoms with E-state index in [1.807, 2.05) is 18.2 Å². The Bertz CT molecular complexity index is 380. The van der Waals surface area contributed by atoms with E-state index in [0.717, 1.165) is 0 Å². The highest BCUT2D eigenvalue weighted by atomic mass is 35.5. The maximum atomic E-state index is 9.90. The Morgan fingerprint density at radius 2 is 2.00 bits per heavy atom. The largest absolute Gasteiger partial charge is 0.489 e. The van der Waals surface area contributed by atoms with Crippen molar-refractivity contribution in [3.63, 3.8) is 0 Å². The summed E-state index contributed by atoms with van der Waals surface area (Å²) < 4.78 is 5.52. The second-order valence-electron chi connectivity index (χ2n) is 5.14. The number of aliphatic hydroxyl groups is 1. The standard InChI is InChI=1S/C15H22ClNO2/c16-14-8-4-5-9-15(14)19-11-13(18)10-17-12-6-2-1-3-7-12/h4-5,8-9,12-13,17-18H,1-3,6-7,10-11H2. The summed E-state index contributed by atoms with van der Waals surface area (Å²) in [6.45, 7) is 0.846. The van der Waals surface area contributed by atoms with Gasteiger partial charge in [0, 0.05) is 12.6 Å². The predicted octanol–water partition coefficient (Wildman–Crippen LogP) is 3.00. The number of hydrogen-bond donors (Lipinski definition) is 2. The highest BCUT2D eigenvalue weighted by Crippen LogP contribution is 2.23. The molecule has 1 fully saturated rings. The average Bonchev–Trinajstić information content (AvgIpc) is 2.45. The molecule has 1 unspecified atom stereocenters. The molecule has 1 atom stereocenters. The van der Waals surface area contributed by atoms with Crippen LogP contribution in [0.4, 0.5) is 0 Å². The molecular formula is C15H22ClNO2. The fourth-order valence-corrected chi connectivity index (χ4v) is 2.61. The zero-order chi connectivity index (χ0) is 13.5. The smallest absolute Gasteiger partial charge is 0.138 e. The first-order valence-electron chi connectivity index (χ1n) is 7.04. The fraction of sp³-hybridized carbons (Fsp3) is 0.600. The van der Waals surface area contributed by atoms with Gasteiger partial charge in [-0.05, 0) is 25.0 Å². The molecule has 0 bridgehead atoms. The normalized spacial score (nSPS) is 18.2. The third-order valence-electron chi connectivity index (χ3n) is 3.52. The predicted molar refractivity (Wildman–Crippen MR) is 77.8 cm³/mol. The Balaban J connectivity index is 1.66. The van der Waals surface area contributed by atoms with E-state index in [0.29, 0.717) is 23.4 Å². The second kappa shape index (κ2) is 7.73. The number of aliphatic hydroxyl groups excluding tert-OH is 1. The van der Waals surface area contributed by atoms with Crippen molar-refractivity contribution in [2.45, 2.75) is 44.2 Å². The van der Waals surface area contributed by atoms with Crippen molar-refractivity contribution in [1.29, 1.82) is 0 Å². The van der Waals surface area contributed by atoms with Gasteiger partial charge in [-0.1, -0.05) is 43.0 Å². The maximum absolute atomic E-state index is 9.90. The van der Waals surface area contributed by atoms with Crippen LogP contribution in [0.1, 0.15) is 32.1 Å². The van der Waals surface area contributed by atoms with Crippen molar-refractivity contribution in [3.05, 3.63) is 29.3 Å². The van der Waals surface area contributed by atoms with Crippen LogP contribution >= 0.6 is 11.6 Å². The van der Waals surface area contributed by atoms with Gasteiger partial charge in [0.15, 0.2) is 0 Å². The molecule has 1 aliphatic carbocycles. The first-order valence-corrected chi connectivity index (χ1v) is 7.42. The zero-order valence-corrected chi connectivity index (χ0v) is 11.9. The molecule has 3 nitrogen and oxygen atoms in total. The quantitative estimate of drug-likeness (QED) is 0.843. The molecule has 0 amide bonds. The van der Waals surface area contributed by atoms with Crippen LogP contribution in [0.15, 0.2) is 24.3 Å². The highest BCUT2D eigenvalue weighted by molar-refractivity contribution is 6.32. The first kappa shape index (κ1) is 14.6. The van der Waals surface area contributed by atoms with Gasteiger partial charge in [-0.2, -0.15) is 0 Å². The topological polar surface area (TPSA) is 41.5 Å². The lowest BCUT2D eigenvalue weighted by molar-refractivity contribution is 0.102. The highest BCUT2D eigenvalue weighted by Gasteiger charge is 2.14. The van der Waals surface area contributed by atoms with Crippen LogP contribution in [-0.4, -0.2) is 30.4 Å². The summed E-state index contributed by atoms with van der Waals surface area (Å²) in [6.07, 6.45) is 5.87. The third-order valence-corrected chi connectivity index (χ3v) is 3.83. The van der Waals surface area contributed by atoms with E-state index in [4.69, 9.17) is 16.3 Å². The Labute approximate surface area is 119 Å². The lowest BCUT2D eigenvalue weighted by atomic mass is 9.95. The van der Waals surface area contributed by atoms with Crippen LogP contribution < -0.4 is 10.1 Å². The maximum Gasteiger partial charge on any atom is 0.138 e. The summed E-state index contributed by atoms with van der Waals surface area (Å²) in [7, 11) is 0. The van der Waals surface area contributed by atoms with Crippen LogP contribution in [-0.2, 0) is 0 Å². The first-order chi connectivity index (χ1) is 9.25. The van der Waals surface area contributed by atoms with Gasteiger partial charge in [0.25, 0.3) is 0 Å². The molecule has 19 heavy (non-hydrogen) atoms. The molecule has 1 aromatic rings. The minimum absolute atomic E-state index is 0.267. The molecule has 2 rings (SSSR count). The van der Waals surface area contributed by atoms with Crippen LogP contribution in [0, 0.1) is 0 Å². The molecule has 0 aromatic heterocycles. The number of ether oxygens (including phenoxy) is 1. The summed E-state index contributed by atoms with van der Waals surface area (Å²) in [4.78, 5) is 0. The van der Waals surface area contributed by atoms with E-state index in [1.165, 1.54) is 32.1 Å². The molecule has 0 spiro atoms. The van der Waals surface area contributed by atoms with E-state index in [2.05, 4.69) is 5.32 Å². The SMILES string of the molecule is OC(CNC1CCCCC1)COc1ccccc1Cl. The Morgan fingerprint density at radius 3 is 2.74 bits per heavy atom. The van der Waals surface area contributed by atoms with Gasteiger partial charge in [-0.3, -0.25) is 0 Å². The molecule has 4 heteroatoms. The number of benzene rings is 1. The van der Waals surface area contributed by atoms with E-state index < -0.39 is 6.10 Å². The van der Waals surface area contributed by atoms with Crippen molar-refractivity contribution in [2.24, 2.45) is 0 Å². The van der Waals surface area contributed by atoms with Crippen molar-refractivity contribution in [1.82, 2.24) is 5.32 Å². The van der Waals surface area contributed by atoms with Crippen LogP contribution in [0.3, 0.4) is 0 Å². The van der Waals surface area contributed by atoms with Gasteiger partial charge in [-0.15, -0.1) is 0 Å². The molecule has 1 aromatic carbocycles. The minimum atomic E-state index is -0.502. The number of halogens is 1. The van der Waals surface area contributed by atoms with Gasteiger partial charge in [0.1, 0.15) is 18.5 Å². The van der Waals surface area contributed by atoms with E-state index >= 15 is 0 Å². The summed E-state index contributed by atoms with van der Waals surface area (Å²) in [5.41, 5.74) is 0. The number of hydrogen-bond acceptors (Lipinski definition) is 3. The number of rotatable bonds is 6. The lowest BCUT2D eigenvalue weighted by Gasteiger charge is -2.24. The van der Waals surface area contributed by atoms with Gasteiger partial charge in [-0.25, -0.2) is 0 Å². The lowest BCUT2D eigenvalue weighted by Crippen LogP contribution is -2.38. The monoisotopic (exact) mass is 283 g/mol. The van der Waals surface area contributed by atoms with Crippen molar-refractivity contribution in [2.75, 3.05) is 13.2 Å². The van der Waals surface area contributed by atoms with Gasteiger partial charge in [0.05, 0.1) is 5.02 Å². The summed E-state index contributed by atoms with van der Waals surface area (Å²) in [5, 5.41) is 13.9. The van der Waals surface area contributed by atoms with Crippen LogP contribution in [0.2, 0.25) is 5.02 Å². The van der Waals surface area contributed by atoms with E-state index in [-0.39, 0.29) is 6.61 Å². The third kappa shape index (κ3) is 5.01. The summed E-state index contributed by atoms with van der Waals surface area (Å²) in [5.74, 6) is 0.626. The van der Waals surface area contributed by atoms with Crippen LogP contribution in [0.5, 0.6) is 5.75 Å². The Hall–Kier alpha value is -0.770. The number of para-hydroxylation sites is 1. The second-order valence-corrected chi connectivity index (χ2v) is 5.55. The fourth-order valence-electron chi connectivity index (χ4n) is 2.42. The van der Waals surface area contributed by atoms with Gasteiger partial charge >= 0.3 is 0 Å². The van der Waals surface area contributed by atoms with Crippen LogP contribution in [0.25, 0.3) is 0 Å².